The van der Waals surface area contributed by atoms with Crippen LogP contribution in [-0.2, 0) is 19.8 Å². The first-order chi connectivity index (χ1) is 27.6. The average molecular weight is 795 g/mol. The topological polar surface area (TPSA) is 102 Å². The van der Waals surface area contributed by atoms with Crippen molar-refractivity contribution in [3.05, 3.63) is 63.6 Å². The Balaban J connectivity index is 1.65. The van der Waals surface area contributed by atoms with Gasteiger partial charge in [-0.05, 0) is 75.0 Å². The second-order valence-corrected chi connectivity index (χ2v) is 18.5. The van der Waals surface area contributed by atoms with Crippen LogP contribution in [0, 0.1) is 5.41 Å². The van der Waals surface area contributed by atoms with Crippen molar-refractivity contribution in [1.82, 2.24) is 4.90 Å². The van der Waals surface area contributed by atoms with Crippen molar-refractivity contribution in [2.75, 3.05) is 23.3 Å². The minimum atomic E-state index is -0.297. The van der Waals surface area contributed by atoms with E-state index < -0.39 is 0 Å². The number of fused-ring (bicyclic) bond motifs is 2. The molecule has 2 N–H and O–H groups in total. The molecular formula is C50H74N4O4. The fourth-order valence-electron chi connectivity index (χ4n) is 9.34. The van der Waals surface area contributed by atoms with Gasteiger partial charge in [0.25, 0.3) is 0 Å². The lowest BCUT2D eigenvalue weighted by molar-refractivity contribution is -0.118. The van der Waals surface area contributed by atoms with E-state index in [-0.39, 0.29) is 57.4 Å². The molecule has 1 fully saturated rings. The summed E-state index contributed by atoms with van der Waals surface area (Å²) in [4.78, 5) is 51.2. The third-order valence-electron chi connectivity index (χ3n) is 13.8. The zero-order valence-corrected chi connectivity index (χ0v) is 37.7. The Morgan fingerprint density at radius 2 is 1.29 bits per heavy atom. The first-order valence-electron chi connectivity index (χ1n) is 23.0. The highest BCUT2D eigenvalue weighted by Gasteiger charge is 2.48. The SMILES string of the molecule is CCCCCCN1C2=CC(=NC(=O)CCCCC)/C(=C3\C(=O)C(c4cc5c(cc4NC(=O)CCCCC)N(CCCCCC)C(C)C5(C)C)=C3O)C=C2C(C)(C)C1C. The van der Waals surface area contributed by atoms with Crippen LogP contribution in [0.4, 0.5) is 11.4 Å². The molecule has 5 rings (SSSR count). The summed E-state index contributed by atoms with van der Waals surface area (Å²) < 4.78 is 0. The fraction of sp³-hybridized carbons (Fsp3) is 0.640. The molecule has 4 aliphatic rings. The summed E-state index contributed by atoms with van der Waals surface area (Å²) >= 11 is 0. The molecule has 1 aromatic carbocycles. The van der Waals surface area contributed by atoms with Gasteiger partial charge < -0.3 is 20.2 Å². The van der Waals surface area contributed by atoms with Crippen LogP contribution < -0.4 is 10.2 Å². The number of Topliss-reactive ketones (excluding diaryl/α,β-unsaturated/α-hetero) is 1. The molecule has 0 saturated carbocycles. The number of rotatable bonds is 20. The second-order valence-electron chi connectivity index (χ2n) is 18.5. The minimum Gasteiger partial charge on any atom is -0.506 e. The molecule has 0 spiro atoms. The van der Waals surface area contributed by atoms with Gasteiger partial charge in [0.15, 0.2) is 0 Å². The van der Waals surface area contributed by atoms with E-state index in [1.165, 1.54) is 25.7 Å². The molecule has 2 aliphatic carbocycles. The van der Waals surface area contributed by atoms with Gasteiger partial charge in [-0.2, -0.15) is 0 Å². The van der Waals surface area contributed by atoms with Crippen molar-refractivity contribution >= 4 is 40.3 Å². The summed E-state index contributed by atoms with van der Waals surface area (Å²) in [6, 6.07) is 4.49. The number of ketones is 1. The number of likely N-dealkylation sites (tertiary alicyclic amines) is 1. The normalized spacial score (nSPS) is 22.6. The highest BCUT2D eigenvalue weighted by atomic mass is 16.3. The van der Waals surface area contributed by atoms with E-state index in [0.29, 0.717) is 35.4 Å². The highest BCUT2D eigenvalue weighted by molar-refractivity contribution is 6.42. The van der Waals surface area contributed by atoms with Crippen LogP contribution in [0.3, 0.4) is 0 Å². The van der Waals surface area contributed by atoms with Crippen molar-refractivity contribution in [2.45, 2.75) is 189 Å². The van der Waals surface area contributed by atoms with Crippen molar-refractivity contribution in [3.63, 3.8) is 0 Å². The lowest BCUT2D eigenvalue weighted by atomic mass is 9.73. The Kier molecular flexibility index (Phi) is 15.1. The summed E-state index contributed by atoms with van der Waals surface area (Å²) in [5.41, 5.74) is 6.29. The highest BCUT2D eigenvalue weighted by Crippen LogP contribution is 2.53. The molecule has 0 radical (unpaired) electrons. The average Bonchev–Trinajstić information content (AvgIpc) is 3.48. The van der Waals surface area contributed by atoms with Crippen LogP contribution in [0.1, 0.15) is 183 Å². The Hall–Kier alpha value is -3.94. The van der Waals surface area contributed by atoms with Gasteiger partial charge in [0.2, 0.25) is 17.6 Å². The number of nitrogens with zero attached hydrogens (tertiary/aromatic N) is 3. The van der Waals surface area contributed by atoms with Gasteiger partial charge in [-0.15, -0.1) is 0 Å². The number of carbonyl (C=O) groups excluding carboxylic acids is 3. The fourth-order valence-corrected chi connectivity index (χ4v) is 9.34. The summed E-state index contributed by atoms with van der Waals surface area (Å²) in [7, 11) is 0. The largest absolute Gasteiger partial charge is 0.506 e. The number of aliphatic imine (C=N–C) groups is 1. The molecule has 0 aromatic heterocycles. The van der Waals surface area contributed by atoms with Crippen LogP contribution in [-0.4, -0.2) is 58.5 Å². The van der Waals surface area contributed by atoms with Crippen LogP contribution >= 0.6 is 0 Å². The summed E-state index contributed by atoms with van der Waals surface area (Å²) in [5, 5.41) is 15.4. The molecule has 0 bridgehead atoms. The molecule has 2 atom stereocenters. The number of amides is 2. The maximum Gasteiger partial charge on any atom is 0.246 e. The van der Waals surface area contributed by atoms with Gasteiger partial charge in [0.05, 0.1) is 22.5 Å². The molecule has 2 unspecified atom stereocenters. The zero-order chi connectivity index (χ0) is 42.4. The number of anilines is 2. The predicted molar refractivity (Wildman–Crippen MR) is 242 cm³/mol. The lowest BCUT2D eigenvalue weighted by Crippen LogP contribution is -2.39. The number of aliphatic hydroxyl groups excluding tert-OH is 1. The van der Waals surface area contributed by atoms with Crippen molar-refractivity contribution in [1.29, 1.82) is 0 Å². The molecule has 1 aromatic rings. The molecule has 8 nitrogen and oxygen atoms in total. The maximum absolute atomic E-state index is 14.7. The molecule has 318 valence electrons. The van der Waals surface area contributed by atoms with Gasteiger partial charge in [-0.3, -0.25) is 14.4 Å². The number of carbonyl (C=O) groups is 3. The molecular weight excluding hydrogens is 721 g/mol. The summed E-state index contributed by atoms with van der Waals surface area (Å²) in [5.74, 6) is -0.716. The number of benzene rings is 1. The maximum atomic E-state index is 14.7. The van der Waals surface area contributed by atoms with E-state index in [9.17, 15) is 19.5 Å². The molecule has 2 heterocycles. The Bertz CT molecular complexity index is 1870. The van der Waals surface area contributed by atoms with E-state index in [2.05, 4.69) is 89.3 Å². The van der Waals surface area contributed by atoms with E-state index in [0.717, 1.165) is 99.8 Å². The van der Waals surface area contributed by atoms with E-state index in [1.807, 2.05) is 24.3 Å². The monoisotopic (exact) mass is 795 g/mol. The van der Waals surface area contributed by atoms with E-state index in [4.69, 9.17) is 0 Å². The van der Waals surface area contributed by atoms with Crippen LogP contribution in [0.25, 0.3) is 5.57 Å². The molecule has 2 amide bonds. The number of hydrogen-bond donors (Lipinski definition) is 2. The van der Waals surface area contributed by atoms with Crippen LogP contribution in [0.15, 0.2) is 57.5 Å². The first kappa shape index (κ1) is 45.1. The van der Waals surface area contributed by atoms with Gasteiger partial charge in [0, 0.05) is 71.4 Å². The number of allylic oxidation sites excluding steroid dienone is 6. The van der Waals surface area contributed by atoms with E-state index in [1.54, 1.807) is 0 Å². The first-order valence-corrected chi connectivity index (χ1v) is 23.0. The van der Waals surface area contributed by atoms with Crippen LogP contribution in [0.5, 0.6) is 0 Å². The van der Waals surface area contributed by atoms with Crippen molar-refractivity contribution in [2.24, 2.45) is 10.4 Å². The number of unbranched alkanes of at least 4 members (excludes halogenated alkanes) is 10. The molecule has 8 heteroatoms. The summed E-state index contributed by atoms with van der Waals surface area (Å²) in [6.07, 6.45) is 19.4. The van der Waals surface area contributed by atoms with Crippen LogP contribution in [0.2, 0.25) is 0 Å². The Morgan fingerprint density at radius 3 is 1.90 bits per heavy atom. The van der Waals surface area contributed by atoms with Gasteiger partial charge in [-0.25, -0.2) is 4.99 Å². The third-order valence-corrected chi connectivity index (χ3v) is 13.8. The quantitative estimate of drug-likeness (QED) is 0.101. The van der Waals surface area contributed by atoms with Gasteiger partial charge in [-0.1, -0.05) is 120 Å². The number of nitrogens with one attached hydrogen (secondary N) is 1. The molecule has 1 saturated heterocycles. The zero-order valence-electron chi connectivity index (χ0n) is 37.7. The Labute approximate surface area is 350 Å². The smallest absolute Gasteiger partial charge is 0.246 e. The predicted octanol–water partition coefficient (Wildman–Crippen LogP) is 12.1. The third kappa shape index (κ3) is 9.11. The lowest BCUT2D eigenvalue weighted by Gasteiger charge is -2.31. The molecule has 58 heavy (non-hydrogen) atoms. The second kappa shape index (κ2) is 19.4. The molecule has 2 aliphatic heterocycles. The Morgan fingerprint density at radius 1 is 0.724 bits per heavy atom. The summed E-state index contributed by atoms with van der Waals surface area (Å²) in [6.45, 7) is 24.0. The van der Waals surface area contributed by atoms with Crippen molar-refractivity contribution < 1.29 is 19.5 Å². The number of hydrogen-bond acceptors (Lipinski definition) is 6. The van der Waals surface area contributed by atoms with E-state index >= 15 is 0 Å². The van der Waals surface area contributed by atoms with Crippen molar-refractivity contribution in [3.8, 4) is 0 Å². The van der Waals surface area contributed by atoms with Gasteiger partial charge >= 0.3 is 0 Å². The van der Waals surface area contributed by atoms with Gasteiger partial charge in [0.1, 0.15) is 5.76 Å². The standard InChI is InChI=1S/C50H74N4O4/c1-11-15-19-23-27-53-33(5)49(7,8)37-29-35(39(31-41(37)53)51-43(55)25-21-17-13-3)45-47(57)46(48(45)58)36-30-38-42(32-40(36)52-44(56)26-22-18-14-4)54(28-24-20-16-12-2)34(6)50(38,9)10/h29-34,57H,11-28H2,1-10H3,(H,51,55)/b46-36-,52-40?. The number of aliphatic hydroxyl groups is 1. The minimum absolute atomic E-state index is 0.0950.